The number of benzene rings is 2. The van der Waals surface area contributed by atoms with Crippen molar-refractivity contribution in [3.05, 3.63) is 58.4 Å². The van der Waals surface area contributed by atoms with Gasteiger partial charge in [0.1, 0.15) is 12.4 Å². The maximum absolute atomic E-state index is 13.8. The van der Waals surface area contributed by atoms with E-state index in [1.165, 1.54) is 19.2 Å². The van der Waals surface area contributed by atoms with Gasteiger partial charge in [-0.1, -0.05) is 17.7 Å². The zero-order valence-electron chi connectivity index (χ0n) is 14.8. The van der Waals surface area contributed by atoms with Crippen molar-refractivity contribution in [2.24, 2.45) is 0 Å². The number of carbonyl (C=O) groups excluding carboxylic acids is 1. The van der Waals surface area contributed by atoms with E-state index in [0.717, 1.165) is 11.6 Å². The van der Waals surface area contributed by atoms with Crippen LogP contribution in [-0.2, 0) is 4.74 Å². The Kier molecular flexibility index (Phi) is 7.24. The number of rotatable bonds is 8. The minimum Gasteiger partial charge on any atom is -0.493 e. The molecule has 0 heterocycles. The van der Waals surface area contributed by atoms with Gasteiger partial charge in [-0.05, 0) is 42.8 Å². The second kappa shape index (κ2) is 9.40. The van der Waals surface area contributed by atoms with Gasteiger partial charge in [-0.3, -0.25) is 4.79 Å². The molecule has 2 rings (SSSR count). The predicted octanol–water partition coefficient (Wildman–Crippen LogP) is 4.00. The molecular weight excluding hydrogens is 361 g/mol. The van der Waals surface area contributed by atoms with Crippen molar-refractivity contribution < 1.29 is 23.4 Å². The molecule has 5 nitrogen and oxygen atoms in total. The van der Waals surface area contributed by atoms with Gasteiger partial charge < -0.3 is 19.5 Å². The highest BCUT2D eigenvalue weighted by Crippen LogP contribution is 2.30. The first-order valence-corrected chi connectivity index (χ1v) is 8.39. The van der Waals surface area contributed by atoms with Gasteiger partial charge in [0, 0.05) is 12.1 Å². The van der Waals surface area contributed by atoms with Crippen molar-refractivity contribution in [3.63, 3.8) is 0 Å². The highest BCUT2D eigenvalue weighted by molar-refractivity contribution is 6.31. The Morgan fingerprint density at radius 1 is 1.15 bits per heavy atom. The summed E-state index contributed by atoms with van der Waals surface area (Å²) >= 11 is 5.84. The van der Waals surface area contributed by atoms with Gasteiger partial charge >= 0.3 is 0 Å². The van der Waals surface area contributed by atoms with Crippen LogP contribution in [0, 0.1) is 5.82 Å². The number of hydrogen-bond acceptors (Lipinski definition) is 4. The molecule has 0 aliphatic heterocycles. The van der Waals surface area contributed by atoms with Crippen LogP contribution >= 0.6 is 11.6 Å². The standard InChI is InChI=1S/C19H21ClFNO4/c1-12(22-19(23)15-11-14(20)5-6-16(15)21)13-4-7-17(18(10-13)25-3)26-9-8-24-2/h4-7,10-12H,8-9H2,1-3H3,(H,22,23). The minimum atomic E-state index is -0.626. The summed E-state index contributed by atoms with van der Waals surface area (Å²) in [6, 6.07) is 8.81. The van der Waals surface area contributed by atoms with E-state index in [-0.39, 0.29) is 11.6 Å². The van der Waals surface area contributed by atoms with E-state index < -0.39 is 11.7 Å². The molecule has 140 valence electrons. The minimum absolute atomic E-state index is 0.101. The second-order valence-corrected chi connectivity index (χ2v) is 6.01. The van der Waals surface area contributed by atoms with Crippen molar-refractivity contribution in [1.82, 2.24) is 5.32 Å². The molecule has 0 saturated carbocycles. The molecule has 1 atom stereocenters. The van der Waals surface area contributed by atoms with Gasteiger partial charge in [0.2, 0.25) is 0 Å². The monoisotopic (exact) mass is 381 g/mol. The fourth-order valence-corrected chi connectivity index (χ4v) is 2.51. The lowest BCUT2D eigenvalue weighted by Crippen LogP contribution is -2.27. The molecule has 26 heavy (non-hydrogen) atoms. The summed E-state index contributed by atoms with van der Waals surface area (Å²) in [5.74, 6) is -0.0585. The highest BCUT2D eigenvalue weighted by atomic mass is 35.5. The lowest BCUT2D eigenvalue weighted by atomic mass is 10.1. The quantitative estimate of drug-likeness (QED) is 0.702. The van der Waals surface area contributed by atoms with E-state index in [9.17, 15) is 9.18 Å². The van der Waals surface area contributed by atoms with Crippen molar-refractivity contribution >= 4 is 17.5 Å². The lowest BCUT2D eigenvalue weighted by Gasteiger charge is -2.17. The second-order valence-electron chi connectivity index (χ2n) is 5.57. The van der Waals surface area contributed by atoms with Crippen LogP contribution in [0.1, 0.15) is 28.9 Å². The van der Waals surface area contributed by atoms with Crippen LogP contribution in [0.2, 0.25) is 5.02 Å². The molecule has 2 aromatic carbocycles. The summed E-state index contributed by atoms with van der Waals surface area (Å²) in [4.78, 5) is 12.3. The number of ether oxygens (including phenoxy) is 3. The molecule has 0 saturated heterocycles. The van der Waals surface area contributed by atoms with Gasteiger partial charge in [0.05, 0.1) is 25.3 Å². The maximum Gasteiger partial charge on any atom is 0.254 e. The normalized spacial score (nSPS) is 11.7. The van der Waals surface area contributed by atoms with Crippen LogP contribution in [0.4, 0.5) is 4.39 Å². The molecule has 0 fully saturated rings. The number of amides is 1. The van der Waals surface area contributed by atoms with Crippen molar-refractivity contribution in [3.8, 4) is 11.5 Å². The summed E-state index contributed by atoms with van der Waals surface area (Å²) in [5, 5.41) is 3.04. The SMILES string of the molecule is COCCOc1ccc(C(C)NC(=O)c2cc(Cl)ccc2F)cc1OC. The summed E-state index contributed by atoms with van der Waals surface area (Å²) in [6.45, 7) is 2.65. The third kappa shape index (κ3) is 5.09. The molecule has 7 heteroatoms. The molecule has 0 spiro atoms. The summed E-state index contributed by atoms with van der Waals surface area (Å²) in [5.41, 5.74) is 0.688. The predicted molar refractivity (Wildman–Crippen MR) is 97.7 cm³/mol. The third-order valence-electron chi connectivity index (χ3n) is 3.75. The Labute approximate surface area is 157 Å². The topological polar surface area (TPSA) is 56.8 Å². The number of carbonyl (C=O) groups is 1. The molecule has 1 amide bonds. The van der Waals surface area contributed by atoms with E-state index in [1.807, 2.05) is 6.07 Å². The molecule has 0 bridgehead atoms. The smallest absolute Gasteiger partial charge is 0.254 e. The first kappa shape index (κ1) is 20.0. The molecular formula is C19H21ClFNO4. The van der Waals surface area contributed by atoms with Gasteiger partial charge in [-0.2, -0.15) is 0 Å². The summed E-state index contributed by atoms with van der Waals surface area (Å²) in [7, 11) is 3.13. The number of hydrogen-bond donors (Lipinski definition) is 1. The molecule has 0 aromatic heterocycles. The first-order valence-electron chi connectivity index (χ1n) is 8.01. The van der Waals surface area contributed by atoms with Crippen LogP contribution in [0.15, 0.2) is 36.4 Å². The zero-order valence-corrected chi connectivity index (χ0v) is 15.6. The molecule has 1 N–H and O–H groups in total. The van der Waals surface area contributed by atoms with Gasteiger partial charge in [-0.15, -0.1) is 0 Å². The lowest BCUT2D eigenvalue weighted by molar-refractivity contribution is 0.0935. The van der Waals surface area contributed by atoms with E-state index >= 15 is 0 Å². The average Bonchev–Trinajstić information content (AvgIpc) is 2.63. The summed E-state index contributed by atoms with van der Waals surface area (Å²) in [6.07, 6.45) is 0. The van der Waals surface area contributed by atoms with Gasteiger partial charge in [-0.25, -0.2) is 4.39 Å². The van der Waals surface area contributed by atoms with Crippen LogP contribution in [0.5, 0.6) is 11.5 Å². The molecule has 0 aliphatic carbocycles. The fraction of sp³-hybridized carbons (Fsp3) is 0.316. The Balaban J connectivity index is 2.12. The van der Waals surface area contributed by atoms with Crippen molar-refractivity contribution in [1.29, 1.82) is 0 Å². The van der Waals surface area contributed by atoms with Gasteiger partial charge in [0.25, 0.3) is 5.91 Å². The highest BCUT2D eigenvalue weighted by Gasteiger charge is 2.17. The maximum atomic E-state index is 13.8. The average molecular weight is 382 g/mol. The van der Waals surface area contributed by atoms with E-state index in [1.54, 1.807) is 26.2 Å². The number of halogens is 2. The van der Waals surface area contributed by atoms with Crippen LogP contribution in [0.25, 0.3) is 0 Å². The van der Waals surface area contributed by atoms with Crippen LogP contribution in [-0.4, -0.2) is 33.3 Å². The fourth-order valence-electron chi connectivity index (χ4n) is 2.34. The van der Waals surface area contributed by atoms with Crippen LogP contribution < -0.4 is 14.8 Å². The Hall–Kier alpha value is -2.31. The van der Waals surface area contributed by atoms with E-state index in [0.29, 0.717) is 29.7 Å². The number of nitrogens with one attached hydrogen (secondary N) is 1. The number of methoxy groups -OCH3 is 2. The van der Waals surface area contributed by atoms with Crippen molar-refractivity contribution in [2.75, 3.05) is 27.4 Å². The Morgan fingerprint density at radius 3 is 2.62 bits per heavy atom. The third-order valence-corrected chi connectivity index (χ3v) is 3.99. The van der Waals surface area contributed by atoms with E-state index in [2.05, 4.69) is 5.32 Å². The first-order chi connectivity index (χ1) is 12.5. The van der Waals surface area contributed by atoms with Gasteiger partial charge in [0.15, 0.2) is 11.5 Å². The molecule has 1 unspecified atom stereocenters. The Bertz CT molecular complexity index is 769. The van der Waals surface area contributed by atoms with Crippen LogP contribution in [0.3, 0.4) is 0 Å². The largest absolute Gasteiger partial charge is 0.493 e. The molecule has 2 aromatic rings. The Morgan fingerprint density at radius 2 is 1.92 bits per heavy atom. The van der Waals surface area contributed by atoms with Crippen molar-refractivity contribution in [2.45, 2.75) is 13.0 Å². The molecule has 0 aliphatic rings. The summed E-state index contributed by atoms with van der Waals surface area (Å²) < 4.78 is 29.7. The molecule has 0 radical (unpaired) electrons. The zero-order chi connectivity index (χ0) is 19.1. The van der Waals surface area contributed by atoms with E-state index in [4.69, 9.17) is 25.8 Å².